The smallest absolute Gasteiger partial charge is 0.252 e. The van der Waals surface area contributed by atoms with Crippen molar-refractivity contribution in [3.05, 3.63) is 67.0 Å². The fourth-order valence-corrected chi connectivity index (χ4v) is 3.58. The van der Waals surface area contributed by atoms with Crippen LogP contribution in [0.4, 0.5) is 5.69 Å². The predicted molar refractivity (Wildman–Crippen MR) is 119 cm³/mol. The number of hydrogen-bond acceptors (Lipinski definition) is 5. The molecule has 1 aromatic heterocycles. The van der Waals surface area contributed by atoms with E-state index in [9.17, 15) is 9.59 Å². The topological polar surface area (TPSA) is 74.8 Å². The minimum Gasteiger partial charge on any atom is -0.494 e. The normalized spacial score (nSPS) is 16.0. The van der Waals surface area contributed by atoms with Crippen LogP contribution in [0.15, 0.2) is 61.3 Å². The number of thiocarbonyl (C=S) groups is 1. The van der Waals surface area contributed by atoms with Crippen molar-refractivity contribution >= 4 is 34.8 Å². The van der Waals surface area contributed by atoms with Gasteiger partial charge in [0.2, 0.25) is 5.91 Å². The van der Waals surface area contributed by atoms with E-state index in [2.05, 4.69) is 16.9 Å². The lowest BCUT2D eigenvalue weighted by Gasteiger charge is -2.23. The van der Waals surface area contributed by atoms with E-state index < -0.39 is 6.04 Å². The van der Waals surface area contributed by atoms with Gasteiger partial charge < -0.3 is 15.0 Å². The van der Waals surface area contributed by atoms with Crippen LogP contribution in [0.3, 0.4) is 0 Å². The Morgan fingerprint density at radius 2 is 2.07 bits per heavy atom. The lowest BCUT2D eigenvalue weighted by Crippen LogP contribution is -2.37. The second-order valence-electron chi connectivity index (χ2n) is 6.69. The molecule has 1 aromatic carbocycles. The summed E-state index contributed by atoms with van der Waals surface area (Å²) in [7, 11) is 0. The molecule has 1 N–H and O–H groups in total. The molecule has 1 atom stereocenters. The number of pyridine rings is 1. The zero-order valence-corrected chi connectivity index (χ0v) is 17.6. The molecule has 2 heterocycles. The number of carbonyl (C=O) groups excluding carboxylic acids is 2. The van der Waals surface area contributed by atoms with Crippen LogP contribution in [0.2, 0.25) is 0 Å². The number of amides is 2. The van der Waals surface area contributed by atoms with Gasteiger partial charge in [-0.15, -0.1) is 6.58 Å². The summed E-state index contributed by atoms with van der Waals surface area (Å²) in [6, 6.07) is 12.0. The molecule has 0 aliphatic carbocycles. The van der Waals surface area contributed by atoms with Crippen LogP contribution in [-0.2, 0) is 16.1 Å². The number of rotatable bonds is 9. The minimum atomic E-state index is -0.692. The second-order valence-corrected chi connectivity index (χ2v) is 7.06. The van der Waals surface area contributed by atoms with Gasteiger partial charge in [0.05, 0.1) is 25.3 Å². The second kappa shape index (κ2) is 9.98. The number of anilines is 1. The number of carbonyl (C=O) groups is 2. The predicted octanol–water partition coefficient (Wildman–Crippen LogP) is 2.99. The van der Waals surface area contributed by atoms with Crippen LogP contribution in [0, 0.1) is 0 Å². The van der Waals surface area contributed by atoms with Gasteiger partial charge in [-0.25, -0.2) is 0 Å². The molecule has 156 valence electrons. The Balaban J connectivity index is 1.72. The Labute approximate surface area is 181 Å². The third kappa shape index (κ3) is 5.01. The molecule has 1 fully saturated rings. The van der Waals surface area contributed by atoms with Crippen LogP contribution in [0.25, 0.3) is 0 Å². The first-order valence-electron chi connectivity index (χ1n) is 9.69. The van der Waals surface area contributed by atoms with E-state index in [1.54, 1.807) is 41.4 Å². The Morgan fingerprint density at radius 1 is 1.30 bits per heavy atom. The molecule has 2 amide bonds. The van der Waals surface area contributed by atoms with Gasteiger partial charge in [0.25, 0.3) is 5.91 Å². The summed E-state index contributed by atoms with van der Waals surface area (Å²) in [5.41, 5.74) is 1.40. The number of hydrogen-bond donors (Lipinski definition) is 1. The molecule has 3 rings (SSSR count). The van der Waals surface area contributed by atoms with Crippen molar-refractivity contribution in [1.29, 1.82) is 0 Å². The summed E-state index contributed by atoms with van der Waals surface area (Å²) in [6.07, 6.45) is 3.28. The summed E-state index contributed by atoms with van der Waals surface area (Å²) in [4.78, 5) is 33.2. The molecule has 1 saturated heterocycles. The van der Waals surface area contributed by atoms with E-state index in [0.29, 0.717) is 30.5 Å². The third-order valence-electron chi connectivity index (χ3n) is 4.60. The molecule has 0 spiro atoms. The molecule has 0 bridgehead atoms. The monoisotopic (exact) mass is 424 g/mol. The minimum absolute atomic E-state index is 0.0212. The summed E-state index contributed by atoms with van der Waals surface area (Å²) in [5, 5.41) is 3.21. The first kappa shape index (κ1) is 21.4. The zero-order chi connectivity index (χ0) is 21.5. The molecular formula is C22H24N4O3S. The molecule has 0 unspecified atom stereocenters. The number of ether oxygens (including phenoxy) is 1. The standard InChI is InChI=1S/C22H24N4O3S/c1-3-13-25-21(28)19(26(22(25)30)15-17-7-5-6-12-23-17)14-20(27)24-16-8-10-18(11-9-16)29-4-2/h3,5-12,19H,1,4,13-15H2,2H3,(H,24,27)/t19-/m0/s1. The van der Waals surface area contributed by atoms with Crippen molar-refractivity contribution in [2.45, 2.75) is 25.9 Å². The number of benzene rings is 1. The molecule has 0 radical (unpaired) electrons. The van der Waals surface area contributed by atoms with E-state index in [0.717, 1.165) is 11.4 Å². The highest BCUT2D eigenvalue weighted by atomic mass is 32.1. The van der Waals surface area contributed by atoms with Gasteiger partial charge in [0, 0.05) is 18.4 Å². The van der Waals surface area contributed by atoms with Crippen LogP contribution in [-0.4, -0.2) is 50.9 Å². The van der Waals surface area contributed by atoms with Crippen LogP contribution in [0.5, 0.6) is 5.75 Å². The number of nitrogens with one attached hydrogen (secondary N) is 1. The highest BCUT2D eigenvalue weighted by molar-refractivity contribution is 7.80. The van der Waals surface area contributed by atoms with Crippen LogP contribution >= 0.6 is 12.2 Å². The first-order chi connectivity index (χ1) is 14.5. The highest BCUT2D eigenvalue weighted by Gasteiger charge is 2.42. The molecule has 7 nitrogen and oxygen atoms in total. The van der Waals surface area contributed by atoms with Gasteiger partial charge >= 0.3 is 0 Å². The van der Waals surface area contributed by atoms with E-state index in [-0.39, 0.29) is 18.2 Å². The first-order valence-corrected chi connectivity index (χ1v) is 10.1. The molecule has 1 aliphatic rings. The zero-order valence-electron chi connectivity index (χ0n) is 16.8. The Kier molecular flexibility index (Phi) is 7.13. The SMILES string of the molecule is C=CCN1C(=O)[C@H](CC(=O)Nc2ccc(OCC)cc2)N(Cc2ccccn2)C1=S. The van der Waals surface area contributed by atoms with Crippen molar-refractivity contribution in [2.75, 3.05) is 18.5 Å². The highest BCUT2D eigenvalue weighted by Crippen LogP contribution is 2.24. The summed E-state index contributed by atoms with van der Waals surface area (Å²) < 4.78 is 5.41. The Hall–Kier alpha value is -3.26. The fourth-order valence-electron chi connectivity index (χ4n) is 3.22. The van der Waals surface area contributed by atoms with E-state index in [1.165, 1.54) is 4.90 Å². The Bertz CT molecular complexity index is 918. The maximum absolute atomic E-state index is 12.9. The number of aromatic nitrogens is 1. The molecule has 0 saturated carbocycles. The molecule has 8 heteroatoms. The maximum Gasteiger partial charge on any atom is 0.252 e. The van der Waals surface area contributed by atoms with Crippen molar-refractivity contribution < 1.29 is 14.3 Å². The van der Waals surface area contributed by atoms with Gasteiger partial charge in [-0.05, 0) is 55.5 Å². The Morgan fingerprint density at radius 3 is 2.70 bits per heavy atom. The van der Waals surface area contributed by atoms with Gasteiger partial charge in [0.1, 0.15) is 11.8 Å². The van der Waals surface area contributed by atoms with Crippen LogP contribution < -0.4 is 10.1 Å². The van der Waals surface area contributed by atoms with E-state index in [4.69, 9.17) is 17.0 Å². The quantitative estimate of drug-likeness (QED) is 0.493. The summed E-state index contributed by atoms with van der Waals surface area (Å²) in [6.45, 7) is 6.82. The molecule has 1 aliphatic heterocycles. The number of nitrogens with zero attached hydrogens (tertiary/aromatic N) is 3. The summed E-state index contributed by atoms with van der Waals surface area (Å²) in [5.74, 6) is 0.248. The van der Waals surface area contributed by atoms with Gasteiger partial charge in [-0.2, -0.15) is 0 Å². The molecule has 30 heavy (non-hydrogen) atoms. The largest absolute Gasteiger partial charge is 0.494 e. The third-order valence-corrected chi connectivity index (χ3v) is 5.06. The van der Waals surface area contributed by atoms with Crippen LogP contribution in [0.1, 0.15) is 19.0 Å². The lowest BCUT2D eigenvalue weighted by molar-refractivity contribution is -0.130. The average molecular weight is 425 g/mol. The van der Waals surface area contributed by atoms with E-state index >= 15 is 0 Å². The van der Waals surface area contributed by atoms with Gasteiger partial charge in [-0.3, -0.25) is 19.5 Å². The van der Waals surface area contributed by atoms with Crippen molar-refractivity contribution in [2.24, 2.45) is 0 Å². The van der Waals surface area contributed by atoms with E-state index in [1.807, 2.05) is 25.1 Å². The summed E-state index contributed by atoms with van der Waals surface area (Å²) >= 11 is 5.51. The molecular weight excluding hydrogens is 400 g/mol. The maximum atomic E-state index is 12.9. The van der Waals surface area contributed by atoms with Gasteiger partial charge in [-0.1, -0.05) is 12.1 Å². The van der Waals surface area contributed by atoms with Crippen molar-refractivity contribution in [1.82, 2.24) is 14.8 Å². The average Bonchev–Trinajstić information content (AvgIpc) is 2.95. The molecule has 2 aromatic rings. The fraction of sp³-hybridized carbons (Fsp3) is 0.273. The van der Waals surface area contributed by atoms with Crippen molar-refractivity contribution in [3.8, 4) is 5.75 Å². The lowest BCUT2D eigenvalue weighted by atomic mass is 10.1. The van der Waals surface area contributed by atoms with Crippen molar-refractivity contribution in [3.63, 3.8) is 0 Å². The van der Waals surface area contributed by atoms with Gasteiger partial charge in [0.15, 0.2) is 5.11 Å².